The molecular formula is C17H28O. The lowest BCUT2D eigenvalue weighted by Gasteiger charge is -2.13. The molecule has 18 heavy (non-hydrogen) atoms. The fourth-order valence-electron chi connectivity index (χ4n) is 2.45. The first-order chi connectivity index (χ1) is 8.65. The van der Waals surface area contributed by atoms with E-state index in [1.807, 2.05) is 0 Å². The highest BCUT2D eigenvalue weighted by Crippen LogP contribution is 2.24. The molecule has 0 N–H and O–H groups in total. The highest BCUT2D eigenvalue weighted by atomic mass is 16.5. The molecule has 0 spiro atoms. The van der Waals surface area contributed by atoms with Crippen LogP contribution in [0.5, 0.6) is 5.75 Å². The van der Waals surface area contributed by atoms with Gasteiger partial charge in [0.25, 0.3) is 0 Å². The number of ether oxygens (including phenoxy) is 1. The topological polar surface area (TPSA) is 9.23 Å². The lowest BCUT2D eigenvalue weighted by atomic mass is 10.1. The summed E-state index contributed by atoms with van der Waals surface area (Å²) in [6.07, 6.45) is 7.89. The summed E-state index contributed by atoms with van der Waals surface area (Å²) in [5, 5.41) is 0. The SMILES string of the molecule is CCCCCCCCOc1c(C)cc(C)cc1C. The molecule has 0 saturated heterocycles. The third-order valence-electron chi connectivity index (χ3n) is 3.35. The van der Waals surface area contributed by atoms with Crippen molar-refractivity contribution in [1.82, 2.24) is 0 Å². The Morgan fingerprint density at radius 3 is 2.00 bits per heavy atom. The van der Waals surface area contributed by atoms with E-state index in [9.17, 15) is 0 Å². The molecule has 0 fully saturated rings. The van der Waals surface area contributed by atoms with Crippen molar-refractivity contribution in [1.29, 1.82) is 0 Å². The summed E-state index contributed by atoms with van der Waals surface area (Å²) >= 11 is 0. The van der Waals surface area contributed by atoms with Crippen LogP contribution in [0, 0.1) is 20.8 Å². The third kappa shape index (κ3) is 5.12. The predicted octanol–water partition coefficient (Wildman–Crippen LogP) is 5.35. The summed E-state index contributed by atoms with van der Waals surface area (Å²) in [6, 6.07) is 4.40. The highest BCUT2D eigenvalue weighted by molar-refractivity contribution is 5.42. The Hall–Kier alpha value is -0.980. The maximum Gasteiger partial charge on any atom is 0.125 e. The molecule has 1 rings (SSSR count). The summed E-state index contributed by atoms with van der Waals surface area (Å²) < 4.78 is 5.93. The van der Waals surface area contributed by atoms with Crippen molar-refractivity contribution in [3.8, 4) is 5.75 Å². The van der Waals surface area contributed by atoms with Crippen LogP contribution in [0.15, 0.2) is 12.1 Å². The van der Waals surface area contributed by atoms with Crippen molar-refractivity contribution in [2.24, 2.45) is 0 Å². The Morgan fingerprint density at radius 1 is 0.833 bits per heavy atom. The molecule has 1 heteroatoms. The van der Waals surface area contributed by atoms with E-state index in [0.717, 1.165) is 12.4 Å². The lowest BCUT2D eigenvalue weighted by Crippen LogP contribution is -2.01. The second-order valence-electron chi connectivity index (χ2n) is 5.34. The second-order valence-corrected chi connectivity index (χ2v) is 5.34. The van der Waals surface area contributed by atoms with Crippen molar-refractivity contribution in [3.63, 3.8) is 0 Å². The average molecular weight is 248 g/mol. The van der Waals surface area contributed by atoms with E-state index in [1.165, 1.54) is 55.2 Å². The van der Waals surface area contributed by atoms with Gasteiger partial charge in [-0.3, -0.25) is 0 Å². The fraction of sp³-hybridized carbons (Fsp3) is 0.647. The van der Waals surface area contributed by atoms with Crippen LogP contribution in [0.25, 0.3) is 0 Å². The Bertz CT molecular complexity index is 332. The monoisotopic (exact) mass is 248 g/mol. The maximum atomic E-state index is 5.93. The molecular weight excluding hydrogens is 220 g/mol. The van der Waals surface area contributed by atoms with Gasteiger partial charge in [0.15, 0.2) is 0 Å². The van der Waals surface area contributed by atoms with Crippen LogP contribution in [0.4, 0.5) is 0 Å². The molecule has 1 aromatic rings. The second kappa shape index (κ2) is 8.18. The molecule has 0 heterocycles. The van der Waals surface area contributed by atoms with Crippen LogP contribution in [0.2, 0.25) is 0 Å². The molecule has 0 amide bonds. The Balaban J connectivity index is 2.27. The van der Waals surface area contributed by atoms with Crippen molar-refractivity contribution in [2.45, 2.75) is 66.2 Å². The molecule has 0 radical (unpaired) electrons. The zero-order chi connectivity index (χ0) is 13.4. The minimum Gasteiger partial charge on any atom is -0.493 e. The molecule has 0 aliphatic carbocycles. The smallest absolute Gasteiger partial charge is 0.125 e. The van der Waals surface area contributed by atoms with Crippen molar-refractivity contribution in [2.75, 3.05) is 6.61 Å². The van der Waals surface area contributed by atoms with Gasteiger partial charge >= 0.3 is 0 Å². The molecule has 0 unspecified atom stereocenters. The standard InChI is InChI=1S/C17H28O/c1-5-6-7-8-9-10-11-18-17-15(3)12-14(2)13-16(17)4/h12-13H,5-11H2,1-4H3. The molecule has 0 aliphatic rings. The van der Waals surface area contributed by atoms with Gasteiger partial charge in [0, 0.05) is 0 Å². The number of benzene rings is 1. The lowest BCUT2D eigenvalue weighted by molar-refractivity contribution is 0.300. The van der Waals surface area contributed by atoms with E-state index in [4.69, 9.17) is 4.74 Å². The van der Waals surface area contributed by atoms with Crippen LogP contribution in [-0.2, 0) is 0 Å². The summed E-state index contributed by atoms with van der Waals surface area (Å²) in [7, 11) is 0. The summed E-state index contributed by atoms with van der Waals surface area (Å²) in [5.74, 6) is 1.09. The quantitative estimate of drug-likeness (QED) is 0.563. The van der Waals surface area contributed by atoms with Crippen LogP contribution >= 0.6 is 0 Å². The molecule has 0 bridgehead atoms. The first kappa shape index (κ1) is 15.1. The van der Waals surface area contributed by atoms with Crippen LogP contribution in [0.1, 0.15) is 62.1 Å². The van der Waals surface area contributed by atoms with Gasteiger partial charge in [-0.05, 0) is 38.3 Å². The molecule has 0 aliphatic heterocycles. The van der Waals surface area contributed by atoms with Crippen molar-refractivity contribution < 1.29 is 4.74 Å². The van der Waals surface area contributed by atoms with Gasteiger partial charge in [-0.1, -0.05) is 56.7 Å². The number of hydrogen-bond acceptors (Lipinski definition) is 1. The minimum absolute atomic E-state index is 0.858. The number of hydrogen-bond donors (Lipinski definition) is 0. The van der Waals surface area contributed by atoms with E-state index < -0.39 is 0 Å². The molecule has 0 aromatic heterocycles. The van der Waals surface area contributed by atoms with Crippen LogP contribution in [0.3, 0.4) is 0 Å². The molecule has 102 valence electrons. The van der Waals surface area contributed by atoms with Gasteiger partial charge in [0.2, 0.25) is 0 Å². The van der Waals surface area contributed by atoms with E-state index in [1.54, 1.807) is 0 Å². The molecule has 0 saturated carbocycles. The zero-order valence-corrected chi connectivity index (χ0v) is 12.5. The molecule has 0 atom stereocenters. The molecule has 1 nitrogen and oxygen atoms in total. The van der Waals surface area contributed by atoms with E-state index in [2.05, 4.69) is 39.8 Å². The van der Waals surface area contributed by atoms with Crippen molar-refractivity contribution >= 4 is 0 Å². The normalized spacial score (nSPS) is 10.7. The Labute approximate surface area is 113 Å². The van der Waals surface area contributed by atoms with Gasteiger partial charge in [-0.2, -0.15) is 0 Å². The van der Waals surface area contributed by atoms with Crippen LogP contribution in [-0.4, -0.2) is 6.61 Å². The first-order valence-corrected chi connectivity index (χ1v) is 7.35. The van der Waals surface area contributed by atoms with Gasteiger partial charge in [0.1, 0.15) is 5.75 Å². The van der Waals surface area contributed by atoms with E-state index in [-0.39, 0.29) is 0 Å². The zero-order valence-electron chi connectivity index (χ0n) is 12.5. The minimum atomic E-state index is 0.858. The van der Waals surface area contributed by atoms with Gasteiger partial charge < -0.3 is 4.74 Å². The Kier molecular flexibility index (Phi) is 6.85. The van der Waals surface area contributed by atoms with Gasteiger partial charge in [-0.15, -0.1) is 0 Å². The highest BCUT2D eigenvalue weighted by Gasteiger charge is 2.04. The largest absolute Gasteiger partial charge is 0.493 e. The fourth-order valence-corrected chi connectivity index (χ4v) is 2.45. The number of aryl methyl sites for hydroxylation is 3. The molecule has 1 aromatic carbocycles. The van der Waals surface area contributed by atoms with E-state index >= 15 is 0 Å². The summed E-state index contributed by atoms with van der Waals surface area (Å²) in [6.45, 7) is 9.52. The van der Waals surface area contributed by atoms with E-state index in [0.29, 0.717) is 0 Å². The van der Waals surface area contributed by atoms with Gasteiger partial charge in [0.05, 0.1) is 6.61 Å². The Morgan fingerprint density at radius 2 is 1.39 bits per heavy atom. The first-order valence-electron chi connectivity index (χ1n) is 7.35. The maximum absolute atomic E-state index is 5.93. The summed E-state index contributed by atoms with van der Waals surface area (Å²) in [4.78, 5) is 0. The van der Waals surface area contributed by atoms with Crippen molar-refractivity contribution in [3.05, 3.63) is 28.8 Å². The summed E-state index contributed by atoms with van der Waals surface area (Å²) in [5.41, 5.74) is 3.84. The number of rotatable bonds is 8. The predicted molar refractivity (Wildman–Crippen MR) is 79.5 cm³/mol. The van der Waals surface area contributed by atoms with Gasteiger partial charge in [-0.25, -0.2) is 0 Å². The van der Waals surface area contributed by atoms with Crippen LogP contribution < -0.4 is 4.74 Å². The number of unbranched alkanes of at least 4 members (excludes halogenated alkanes) is 5. The third-order valence-corrected chi connectivity index (χ3v) is 3.35. The average Bonchev–Trinajstić information content (AvgIpc) is 2.30.